The minimum Gasteiger partial charge on any atom is -0.477 e. The molecule has 0 aliphatic rings. The van der Waals surface area contributed by atoms with Crippen molar-refractivity contribution in [2.45, 2.75) is 31.2 Å². The first-order valence-corrected chi connectivity index (χ1v) is 8.42. The molecule has 0 amide bonds. The summed E-state index contributed by atoms with van der Waals surface area (Å²) in [7, 11) is -3.60. The molecule has 1 aromatic carbocycles. The van der Waals surface area contributed by atoms with E-state index in [4.69, 9.17) is 5.11 Å². The fraction of sp³-hybridized carbons (Fsp3) is 0.250. The Morgan fingerprint density at radius 3 is 2.22 bits per heavy atom. The second kappa shape index (κ2) is 6.10. The van der Waals surface area contributed by atoms with Crippen LogP contribution >= 0.6 is 0 Å². The lowest BCUT2D eigenvalue weighted by molar-refractivity contribution is 0.0690. The van der Waals surface area contributed by atoms with Gasteiger partial charge in [0.25, 0.3) is 0 Å². The normalized spacial score (nSPS) is 12.1. The van der Waals surface area contributed by atoms with Crippen LogP contribution in [0.25, 0.3) is 11.3 Å². The second-order valence-electron chi connectivity index (χ2n) is 6.09. The van der Waals surface area contributed by atoms with Gasteiger partial charge in [-0.15, -0.1) is 0 Å². The summed E-state index contributed by atoms with van der Waals surface area (Å²) in [6.07, 6.45) is 0. The van der Waals surface area contributed by atoms with E-state index in [1.54, 1.807) is 45.0 Å². The number of pyridine rings is 1. The maximum atomic E-state index is 12.2. The van der Waals surface area contributed by atoms with Crippen molar-refractivity contribution in [3.8, 4) is 11.3 Å². The summed E-state index contributed by atoms with van der Waals surface area (Å²) in [5.41, 5.74) is 0.476. The Morgan fingerprint density at radius 1 is 1.09 bits per heavy atom. The van der Waals surface area contributed by atoms with Gasteiger partial charge in [-0.3, -0.25) is 0 Å². The molecular weight excluding hydrogens is 316 g/mol. The molecule has 0 unspecified atom stereocenters. The standard InChI is InChI=1S/C16H18N2O4S/c1-16(2,3)18-23(21,22)12-9-7-11(8-10-12)13-5-4-6-14(17-13)15(19)20/h4-10,18H,1-3H3,(H,19,20). The van der Waals surface area contributed by atoms with E-state index in [1.165, 1.54) is 18.2 Å². The lowest BCUT2D eigenvalue weighted by Crippen LogP contribution is -2.40. The van der Waals surface area contributed by atoms with E-state index >= 15 is 0 Å². The number of aromatic carboxylic acids is 1. The fourth-order valence-corrected chi connectivity index (χ4v) is 3.40. The average Bonchev–Trinajstić information content (AvgIpc) is 2.45. The van der Waals surface area contributed by atoms with Crippen molar-refractivity contribution in [1.29, 1.82) is 0 Å². The number of carbonyl (C=O) groups is 1. The molecule has 0 radical (unpaired) electrons. The molecule has 0 atom stereocenters. The number of hydrogen-bond acceptors (Lipinski definition) is 4. The van der Waals surface area contributed by atoms with Gasteiger partial charge in [-0.25, -0.2) is 22.9 Å². The Labute approximate surface area is 135 Å². The van der Waals surface area contributed by atoms with Crippen molar-refractivity contribution in [3.63, 3.8) is 0 Å². The molecule has 6 nitrogen and oxygen atoms in total. The molecule has 0 spiro atoms. The second-order valence-corrected chi connectivity index (χ2v) is 7.78. The van der Waals surface area contributed by atoms with Crippen LogP contribution in [-0.4, -0.2) is 30.0 Å². The Kier molecular flexibility index (Phi) is 4.53. The average molecular weight is 334 g/mol. The summed E-state index contributed by atoms with van der Waals surface area (Å²) in [6.45, 7) is 5.29. The molecule has 0 saturated heterocycles. The van der Waals surface area contributed by atoms with Gasteiger partial charge in [-0.2, -0.15) is 0 Å². The van der Waals surface area contributed by atoms with E-state index in [9.17, 15) is 13.2 Å². The molecule has 7 heteroatoms. The van der Waals surface area contributed by atoms with Gasteiger partial charge in [-0.05, 0) is 45.0 Å². The summed E-state index contributed by atoms with van der Waals surface area (Å²) >= 11 is 0. The highest BCUT2D eigenvalue weighted by Gasteiger charge is 2.21. The number of sulfonamides is 1. The van der Waals surface area contributed by atoms with Crippen LogP contribution in [0.3, 0.4) is 0 Å². The Balaban J connectivity index is 2.33. The van der Waals surface area contributed by atoms with Gasteiger partial charge in [0.15, 0.2) is 0 Å². The van der Waals surface area contributed by atoms with Crippen LogP contribution < -0.4 is 4.72 Å². The molecule has 0 fully saturated rings. The highest BCUT2D eigenvalue weighted by Crippen LogP contribution is 2.20. The summed E-state index contributed by atoms with van der Waals surface area (Å²) in [5, 5.41) is 8.97. The maximum Gasteiger partial charge on any atom is 0.354 e. The Hall–Kier alpha value is -2.25. The van der Waals surface area contributed by atoms with E-state index in [-0.39, 0.29) is 10.6 Å². The maximum absolute atomic E-state index is 12.2. The zero-order valence-electron chi connectivity index (χ0n) is 13.1. The predicted octanol–water partition coefficient (Wildman–Crippen LogP) is 2.52. The highest BCUT2D eigenvalue weighted by atomic mass is 32.2. The summed E-state index contributed by atoms with van der Waals surface area (Å²) < 4.78 is 27.0. The van der Waals surface area contributed by atoms with E-state index in [2.05, 4.69) is 9.71 Å². The van der Waals surface area contributed by atoms with Gasteiger partial charge in [0.2, 0.25) is 10.0 Å². The SMILES string of the molecule is CC(C)(C)NS(=O)(=O)c1ccc(-c2cccc(C(=O)O)n2)cc1. The molecule has 1 heterocycles. The van der Waals surface area contributed by atoms with Crippen LogP contribution in [0, 0.1) is 0 Å². The number of nitrogens with one attached hydrogen (secondary N) is 1. The minimum absolute atomic E-state index is 0.0615. The van der Waals surface area contributed by atoms with Crippen molar-refractivity contribution in [3.05, 3.63) is 48.2 Å². The Morgan fingerprint density at radius 2 is 1.70 bits per heavy atom. The quantitative estimate of drug-likeness (QED) is 0.895. The zero-order valence-corrected chi connectivity index (χ0v) is 13.9. The van der Waals surface area contributed by atoms with Crippen molar-refractivity contribution in [2.24, 2.45) is 0 Å². The van der Waals surface area contributed by atoms with Gasteiger partial charge in [-0.1, -0.05) is 18.2 Å². The van der Waals surface area contributed by atoms with Crippen LogP contribution in [-0.2, 0) is 10.0 Å². The predicted molar refractivity (Wildman–Crippen MR) is 86.7 cm³/mol. The molecule has 1 aromatic heterocycles. The number of carboxylic acid groups (broad SMARTS) is 1. The molecule has 0 saturated carbocycles. The van der Waals surface area contributed by atoms with Crippen molar-refractivity contribution in [1.82, 2.24) is 9.71 Å². The van der Waals surface area contributed by atoms with Crippen LogP contribution in [0.5, 0.6) is 0 Å². The lowest BCUT2D eigenvalue weighted by Gasteiger charge is -2.20. The molecule has 0 bridgehead atoms. The Bertz CT molecular complexity index is 822. The minimum atomic E-state index is -3.60. The molecule has 0 aliphatic heterocycles. The molecular formula is C16H18N2O4S. The first kappa shape index (κ1) is 17.1. The van der Waals surface area contributed by atoms with E-state index < -0.39 is 21.5 Å². The molecule has 2 rings (SSSR count). The van der Waals surface area contributed by atoms with Crippen LogP contribution in [0.1, 0.15) is 31.3 Å². The van der Waals surface area contributed by atoms with Crippen LogP contribution in [0.4, 0.5) is 0 Å². The third-order valence-electron chi connectivity index (χ3n) is 2.87. The summed E-state index contributed by atoms with van der Waals surface area (Å²) in [5.74, 6) is -1.11. The van der Waals surface area contributed by atoms with Gasteiger partial charge in [0.1, 0.15) is 5.69 Å². The molecule has 0 aliphatic carbocycles. The molecule has 23 heavy (non-hydrogen) atoms. The third-order valence-corrected chi connectivity index (χ3v) is 4.64. The molecule has 122 valence electrons. The van der Waals surface area contributed by atoms with Crippen LogP contribution in [0.2, 0.25) is 0 Å². The van der Waals surface area contributed by atoms with E-state index in [0.29, 0.717) is 11.3 Å². The zero-order chi connectivity index (χ0) is 17.3. The van der Waals surface area contributed by atoms with Gasteiger partial charge in [0.05, 0.1) is 10.6 Å². The number of rotatable bonds is 4. The number of carboxylic acids is 1. The van der Waals surface area contributed by atoms with Crippen molar-refractivity contribution in [2.75, 3.05) is 0 Å². The number of benzene rings is 1. The monoisotopic (exact) mass is 334 g/mol. The first-order chi connectivity index (χ1) is 10.6. The molecule has 2 aromatic rings. The topological polar surface area (TPSA) is 96.4 Å². The summed E-state index contributed by atoms with van der Waals surface area (Å²) in [6, 6.07) is 10.8. The van der Waals surface area contributed by atoms with Crippen LogP contribution in [0.15, 0.2) is 47.4 Å². The number of aromatic nitrogens is 1. The fourth-order valence-electron chi connectivity index (χ4n) is 1.98. The largest absolute Gasteiger partial charge is 0.477 e. The number of nitrogens with zero attached hydrogens (tertiary/aromatic N) is 1. The van der Waals surface area contributed by atoms with E-state index in [0.717, 1.165) is 0 Å². The molecule has 2 N–H and O–H groups in total. The van der Waals surface area contributed by atoms with Crippen molar-refractivity contribution >= 4 is 16.0 Å². The smallest absolute Gasteiger partial charge is 0.354 e. The highest BCUT2D eigenvalue weighted by molar-refractivity contribution is 7.89. The van der Waals surface area contributed by atoms with Gasteiger partial charge < -0.3 is 5.11 Å². The third kappa shape index (κ3) is 4.37. The summed E-state index contributed by atoms with van der Waals surface area (Å²) in [4.78, 5) is 15.1. The van der Waals surface area contributed by atoms with E-state index in [1.807, 2.05) is 0 Å². The lowest BCUT2D eigenvalue weighted by atomic mass is 10.1. The van der Waals surface area contributed by atoms with Crippen molar-refractivity contribution < 1.29 is 18.3 Å². The number of hydrogen-bond donors (Lipinski definition) is 2. The first-order valence-electron chi connectivity index (χ1n) is 6.93. The van der Waals surface area contributed by atoms with Gasteiger partial charge >= 0.3 is 5.97 Å². The van der Waals surface area contributed by atoms with Gasteiger partial charge in [0, 0.05) is 11.1 Å².